The Balaban J connectivity index is 1.25. The van der Waals surface area contributed by atoms with Crippen molar-refractivity contribution in [2.75, 3.05) is 33.4 Å². The van der Waals surface area contributed by atoms with Crippen molar-refractivity contribution in [1.82, 2.24) is 14.9 Å². The molecule has 2 fully saturated rings. The van der Waals surface area contributed by atoms with Crippen molar-refractivity contribution in [2.24, 2.45) is 17.3 Å². The molecule has 0 bridgehead atoms. The van der Waals surface area contributed by atoms with Gasteiger partial charge < -0.3 is 14.2 Å². The Kier molecular flexibility index (Phi) is 9.18. The maximum atomic E-state index is 12.3. The molecule has 4 rings (SSSR count). The number of aromatic nitrogens is 2. The largest absolute Gasteiger partial charge is 0.474 e. The van der Waals surface area contributed by atoms with Gasteiger partial charge in [0, 0.05) is 44.3 Å². The number of likely N-dealkylation sites (tertiary alicyclic amines) is 1. The highest BCUT2D eigenvalue weighted by molar-refractivity contribution is 5.75. The first kappa shape index (κ1) is 26.8. The lowest BCUT2D eigenvalue weighted by molar-refractivity contribution is -0.150. The van der Waals surface area contributed by atoms with E-state index in [0.717, 1.165) is 68.7 Å². The van der Waals surface area contributed by atoms with E-state index in [-0.39, 0.29) is 18.0 Å². The van der Waals surface area contributed by atoms with Gasteiger partial charge >= 0.3 is 5.97 Å². The van der Waals surface area contributed by atoms with Crippen molar-refractivity contribution < 1.29 is 19.0 Å². The van der Waals surface area contributed by atoms with E-state index in [2.05, 4.69) is 47.8 Å². The monoisotopic (exact) mass is 497 g/mol. The van der Waals surface area contributed by atoms with Crippen LogP contribution in [0.1, 0.15) is 71.3 Å². The number of rotatable bonds is 9. The molecule has 2 aliphatic rings. The van der Waals surface area contributed by atoms with Gasteiger partial charge in [0.25, 0.3) is 0 Å². The van der Waals surface area contributed by atoms with Crippen LogP contribution >= 0.6 is 0 Å². The van der Waals surface area contributed by atoms with Crippen LogP contribution < -0.4 is 4.74 Å². The fraction of sp³-hybridized carbons (Fsp3) is 0.690. The summed E-state index contributed by atoms with van der Waals surface area (Å²) in [7, 11) is 1.66. The minimum Gasteiger partial charge on any atom is -0.474 e. The predicted octanol–water partition coefficient (Wildman–Crippen LogP) is 5.41. The molecule has 198 valence electrons. The fourth-order valence-electron chi connectivity index (χ4n) is 5.49. The zero-order valence-corrected chi connectivity index (χ0v) is 22.5. The molecule has 1 aliphatic carbocycles. The fourth-order valence-corrected chi connectivity index (χ4v) is 5.49. The van der Waals surface area contributed by atoms with Crippen LogP contribution in [0, 0.1) is 17.3 Å². The van der Waals surface area contributed by atoms with E-state index in [4.69, 9.17) is 14.2 Å². The first-order chi connectivity index (χ1) is 17.3. The van der Waals surface area contributed by atoms with Gasteiger partial charge in [-0.2, -0.15) is 4.98 Å². The number of piperidine rings is 1. The molecule has 7 heteroatoms. The zero-order chi connectivity index (χ0) is 25.5. The highest BCUT2D eigenvalue weighted by atomic mass is 16.5. The lowest BCUT2D eigenvalue weighted by atomic mass is 9.72. The lowest BCUT2D eigenvalue weighted by Gasteiger charge is -2.36. The molecule has 0 spiro atoms. The summed E-state index contributed by atoms with van der Waals surface area (Å²) in [5.74, 6) is 1.39. The summed E-state index contributed by atoms with van der Waals surface area (Å²) in [6.45, 7) is 10.7. The molecule has 1 aliphatic heterocycles. The highest BCUT2D eigenvalue weighted by Crippen LogP contribution is 2.38. The average Bonchev–Trinajstić information content (AvgIpc) is 2.87. The van der Waals surface area contributed by atoms with E-state index in [1.807, 2.05) is 12.3 Å². The predicted molar refractivity (Wildman–Crippen MR) is 141 cm³/mol. The molecule has 0 N–H and O–H groups in total. The summed E-state index contributed by atoms with van der Waals surface area (Å²) in [4.78, 5) is 24.0. The second-order valence-corrected chi connectivity index (χ2v) is 11.6. The number of hydrogen-bond acceptors (Lipinski definition) is 7. The number of hydrogen-bond donors (Lipinski definition) is 0. The molecule has 0 amide bonds. The molecule has 36 heavy (non-hydrogen) atoms. The highest BCUT2D eigenvalue weighted by Gasteiger charge is 2.30. The maximum Gasteiger partial charge on any atom is 0.309 e. The third kappa shape index (κ3) is 7.39. The van der Waals surface area contributed by atoms with Crippen LogP contribution in [0.4, 0.5) is 0 Å². The number of fused-ring (bicyclic) bond motifs is 1. The van der Waals surface area contributed by atoms with E-state index >= 15 is 0 Å². The van der Waals surface area contributed by atoms with Crippen molar-refractivity contribution in [1.29, 1.82) is 0 Å². The smallest absolute Gasteiger partial charge is 0.309 e. The quantitative estimate of drug-likeness (QED) is 0.339. The average molecular weight is 498 g/mol. The van der Waals surface area contributed by atoms with Gasteiger partial charge in [0.15, 0.2) is 5.65 Å². The summed E-state index contributed by atoms with van der Waals surface area (Å²) in [5, 5.41) is 1.03. The SMILES string of the molecule is COCCCOC(=O)C1CCN(Cc2cnc3nc(OC4CCC(C(C)(C)C)CC4)ccc3c2)CC1. The van der Waals surface area contributed by atoms with E-state index in [1.54, 1.807) is 7.11 Å². The molecule has 0 aromatic carbocycles. The minimum absolute atomic E-state index is 0.00431. The molecule has 2 aromatic heterocycles. The van der Waals surface area contributed by atoms with E-state index in [0.29, 0.717) is 24.5 Å². The van der Waals surface area contributed by atoms with Gasteiger partial charge in [-0.15, -0.1) is 0 Å². The van der Waals surface area contributed by atoms with Crippen LogP contribution in [0.2, 0.25) is 0 Å². The number of pyridine rings is 2. The van der Waals surface area contributed by atoms with E-state index in [1.165, 1.54) is 18.4 Å². The Morgan fingerprint density at radius 3 is 2.50 bits per heavy atom. The number of methoxy groups -OCH3 is 1. The Bertz CT molecular complexity index is 990. The van der Waals surface area contributed by atoms with Crippen molar-refractivity contribution in [3.05, 3.63) is 30.0 Å². The third-order valence-electron chi connectivity index (χ3n) is 7.82. The molecule has 3 heterocycles. The molecule has 1 saturated heterocycles. The first-order valence-electron chi connectivity index (χ1n) is 13.6. The van der Waals surface area contributed by atoms with E-state index in [9.17, 15) is 4.79 Å². The summed E-state index contributed by atoms with van der Waals surface area (Å²) >= 11 is 0. The van der Waals surface area contributed by atoms with Crippen molar-refractivity contribution in [2.45, 2.75) is 78.4 Å². The number of nitrogens with zero attached hydrogens (tertiary/aromatic N) is 3. The number of carbonyl (C=O) groups excluding carboxylic acids is 1. The minimum atomic E-state index is -0.0653. The molecule has 0 radical (unpaired) electrons. The molecular formula is C29H43N3O4. The van der Waals surface area contributed by atoms with Gasteiger partial charge in [0.05, 0.1) is 12.5 Å². The summed E-state index contributed by atoms with van der Waals surface area (Å²) in [6.07, 6.45) is 9.21. The molecule has 2 aromatic rings. The van der Waals surface area contributed by atoms with Crippen molar-refractivity contribution >= 4 is 17.0 Å². The number of ether oxygens (including phenoxy) is 3. The molecule has 1 saturated carbocycles. The molecular weight excluding hydrogens is 454 g/mol. The second kappa shape index (κ2) is 12.3. The lowest BCUT2D eigenvalue weighted by Crippen LogP contribution is -2.36. The second-order valence-electron chi connectivity index (χ2n) is 11.6. The molecule has 7 nitrogen and oxygen atoms in total. The van der Waals surface area contributed by atoms with Gasteiger partial charge in [0.2, 0.25) is 5.88 Å². The Morgan fingerprint density at radius 1 is 1.06 bits per heavy atom. The van der Waals surface area contributed by atoms with Crippen LogP contribution in [0.25, 0.3) is 11.0 Å². The Hall–Kier alpha value is -2.25. The normalized spacial score (nSPS) is 22.0. The third-order valence-corrected chi connectivity index (χ3v) is 7.82. The number of carbonyl (C=O) groups is 1. The summed E-state index contributed by atoms with van der Waals surface area (Å²) < 4.78 is 16.6. The number of esters is 1. The zero-order valence-electron chi connectivity index (χ0n) is 22.5. The van der Waals surface area contributed by atoms with Crippen molar-refractivity contribution in [3.8, 4) is 5.88 Å². The van der Waals surface area contributed by atoms with Crippen LogP contribution in [-0.2, 0) is 20.8 Å². The summed E-state index contributed by atoms with van der Waals surface area (Å²) in [5.41, 5.74) is 2.27. The summed E-state index contributed by atoms with van der Waals surface area (Å²) in [6, 6.07) is 6.22. The first-order valence-corrected chi connectivity index (χ1v) is 13.6. The van der Waals surface area contributed by atoms with Crippen LogP contribution in [-0.4, -0.2) is 60.4 Å². The van der Waals surface area contributed by atoms with Gasteiger partial charge in [-0.3, -0.25) is 9.69 Å². The van der Waals surface area contributed by atoms with Crippen LogP contribution in [0.3, 0.4) is 0 Å². The standard InChI is InChI=1S/C29H43N3O4/c1-29(2,3)24-7-9-25(10-8-24)36-26-11-6-23-18-21(19-30-27(23)31-26)20-32-14-12-22(13-15-32)28(33)35-17-5-16-34-4/h6,11,18-19,22,24-25H,5,7-10,12-17,20H2,1-4H3. The van der Waals surface area contributed by atoms with Gasteiger partial charge in [0.1, 0.15) is 6.10 Å². The molecule has 0 unspecified atom stereocenters. The van der Waals surface area contributed by atoms with Crippen LogP contribution in [0.5, 0.6) is 5.88 Å². The topological polar surface area (TPSA) is 73.8 Å². The van der Waals surface area contributed by atoms with Gasteiger partial charge in [-0.25, -0.2) is 4.98 Å². The van der Waals surface area contributed by atoms with Gasteiger partial charge in [-0.1, -0.05) is 20.8 Å². The Labute approximate surface area is 215 Å². The van der Waals surface area contributed by atoms with Crippen LogP contribution in [0.15, 0.2) is 24.4 Å². The van der Waals surface area contributed by atoms with Gasteiger partial charge in [-0.05, 0) is 80.6 Å². The van der Waals surface area contributed by atoms with Crippen molar-refractivity contribution in [3.63, 3.8) is 0 Å². The molecule has 0 atom stereocenters. The maximum absolute atomic E-state index is 12.3. The Morgan fingerprint density at radius 2 is 1.81 bits per heavy atom. The van der Waals surface area contributed by atoms with E-state index < -0.39 is 0 Å².